The third-order valence-corrected chi connectivity index (χ3v) is 4.09. The van der Waals surface area contributed by atoms with Gasteiger partial charge in [-0.05, 0) is 36.4 Å². The van der Waals surface area contributed by atoms with Crippen LogP contribution in [-0.2, 0) is 4.79 Å². The van der Waals surface area contributed by atoms with E-state index < -0.39 is 0 Å². The molecule has 0 aliphatic carbocycles. The topological polar surface area (TPSA) is 55.8 Å². The van der Waals surface area contributed by atoms with Gasteiger partial charge < -0.3 is 15.3 Å². The molecule has 1 heterocycles. The lowest BCUT2D eigenvalue weighted by atomic mass is 10.2. The number of carbonyl (C=O) groups excluding carboxylic acids is 1. The van der Waals surface area contributed by atoms with E-state index >= 15 is 0 Å². The molecule has 3 rings (SSSR count). The van der Waals surface area contributed by atoms with Gasteiger partial charge in [-0.2, -0.15) is 0 Å². The van der Waals surface area contributed by atoms with Gasteiger partial charge in [-0.3, -0.25) is 9.69 Å². The third kappa shape index (κ3) is 4.02. The fourth-order valence-corrected chi connectivity index (χ4v) is 2.82. The van der Waals surface area contributed by atoms with Crippen molar-refractivity contribution in [2.75, 3.05) is 42.9 Å². The van der Waals surface area contributed by atoms with Crippen molar-refractivity contribution in [2.24, 2.45) is 0 Å². The van der Waals surface area contributed by atoms with Gasteiger partial charge in [0.15, 0.2) is 0 Å². The number of phenolic OH excluding ortho intramolecular Hbond substituents is 1. The molecular formula is C18H20FN3O2. The van der Waals surface area contributed by atoms with E-state index in [4.69, 9.17) is 0 Å². The lowest BCUT2D eigenvalue weighted by molar-refractivity contribution is -0.117. The summed E-state index contributed by atoms with van der Waals surface area (Å²) in [5.74, 6) is -0.161. The Hall–Kier alpha value is -2.60. The van der Waals surface area contributed by atoms with Gasteiger partial charge in [0.2, 0.25) is 5.91 Å². The molecule has 0 unspecified atom stereocenters. The minimum Gasteiger partial charge on any atom is -0.506 e. The summed E-state index contributed by atoms with van der Waals surface area (Å²) >= 11 is 0. The van der Waals surface area contributed by atoms with Crippen molar-refractivity contribution >= 4 is 17.3 Å². The van der Waals surface area contributed by atoms with E-state index in [1.165, 1.54) is 12.1 Å². The minimum absolute atomic E-state index is 0.113. The summed E-state index contributed by atoms with van der Waals surface area (Å²) in [6.07, 6.45) is 0. The normalized spacial score (nSPS) is 15.3. The summed E-state index contributed by atoms with van der Waals surface area (Å²) in [4.78, 5) is 16.3. The maximum absolute atomic E-state index is 12.9. The number of halogens is 1. The second-order valence-corrected chi connectivity index (χ2v) is 5.81. The van der Waals surface area contributed by atoms with Crippen LogP contribution in [0.2, 0.25) is 0 Å². The van der Waals surface area contributed by atoms with Gasteiger partial charge in [0.1, 0.15) is 11.6 Å². The zero-order chi connectivity index (χ0) is 16.9. The predicted molar refractivity (Wildman–Crippen MR) is 91.8 cm³/mol. The number of anilines is 2. The fraction of sp³-hybridized carbons (Fsp3) is 0.278. The number of para-hydroxylation sites is 2. The van der Waals surface area contributed by atoms with E-state index in [2.05, 4.69) is 15.1 Å². The van der Waals surface area contributed by atoms with E-state index in [9.17, 15) is 14.3 Å². The van der Waals surface area contributed by atoms with E-state index in [1.54, 1.807) is 24.3 Å². The summed E-state index contributed by atoms with van der Waals surface area (Å²) in [6, 6.07) is 13.0. The van der Waals surface area contributed by atoms with Crippen LogP contribution in [-0.4, -0.2) is 48.6 Å². The van der Waals surface area contributed by atoms with Gasteiger partial charge in [-0.1, -0.05) is 12.1 Å². The SMILES string of the molecule is O=C(CN1CCN(c2ccccc2O)CC1)Nc1ccc(F)cc1. The first kappa shape index (κ1) is 16.3. The highest BCUT2D eigenvalue weighted by atomic mass is 19.1. The summed E-state index contributed by atoms with van der Waals surface area (Å²) in [5, 5.41) is 12.7. The Morgan fingerprint density at radius 3 is 2.38 bits per heavy atom. The van der Waals surface area contributed by atoms with Crippen molar-refractivity contribution in [3.8, 4) is 5.75 Å². The van der Waals surface area contributed by atoms with Crippen LogP contribution in [0.4, 0.5) is 15.8 Å². The molecule has 24 heavy (non-hydrogen) atoms. The van der Waals surface area contributed by atoms with Crippen LogP contribution >= 0.6 is 0 Å². The van der Waals surface area contributed by atoms with Crippen molar-refractivity contribution in [1.29, 1.82) is 0 Å². The molecule has 2 aromatic carbocycles. The van der Waals surface area contributed by atoms with Gasteiger partial charge in [-0.25, -0.2) is 4.39 Å². The molecule has 0 bridgehead atoms. The molecule has 1 aliphatic heterocycles. The van der Waals surface area contributed by atoms with Crippen LogP contribution in [0, 0.1) is 5.82 Å². The molecule has 2 aromatic rings. The van der Waals surface area contributed by atoms with Gasteiger partial charge in [0, 0.05) is 31.9 Å². The predicted octanol–water partition coefficient (Wildman–Crippen LogP) is 2.29. The highest BCUT2D eigenvalue weighted by molar-refractivity contribution is 5.92. The van der Waals surface area contributed by atoms with Crippen LogP contribution < -0.4 is 10.2 Å². The Morgan fingerprint density at radius 1 is 1.04 bits per heavy atom. The molecule has 1 amide bonds. The maximum atomic E-state index is 12.9. The van der Waals surface area contributed by atoms with Crippen molar-refractivity contribution in [2.45, 2.75) is 0 Å². The first-order valence-corrected chi connectivity index (χ1v) is 7.92. The number of rotatable bonds is 4. The molecule has 0 saturated carbocycles. The fourth-order valence-electron chi connectivity index (χ4n) is 2.82. The Balaban J connectivity index is 1.49. The van der Waals surface area contributed by atoms with Crippen LogP contribution in [0.1, 0.15) is 0 Å². The molecule has 0 spiro atoms. The quantitative estimate of drug-likeness (QED) is 0.904. The lowest BCUT2D eigenvalue weighted by Crippen LogP contribution is -2.48. The number of benzene rings is 2. The number of hydrogen-bond donors (Lipinski definition) is 2. The van der Waals surface area contributed by atoms with E-state index in [-0.39, 0.29) is 17.5 Å². The number of hydrogen-bond acceptors (Lipinski definition) is 4. The number of phenols is 1. The highest BCUT2D eigenvalue weighted by Crippen LogP contribution is 2.27. The number of amides is 1. The summed E-state index contributed by atoms with van der Waals surface area (Å²) < 4.78 is 12.9. The van der Waals surface area contributed by atoms with Gasteiger partial charge in [0.25, 0.3) is 0 Å². The molecular weight excluding hydrogens is 309 g/mol. The smallest absolute Gasteiger partial charge is 0.238 e. The Kier molecular flexibility index (Phi) is 4.96. The molecule has 0 atom stereocenters. The number of nitrogens with zero attached hydrogens (tertiary/aromatic N) is 2. The van der Waals surface area contributed by atoms with Crippen molar-refractivity contribution in [1.82, 2.24) is 4.90 Å². The number of nitrogens with one attached hydrogen (secondary N) is 1. The third-order valence-electron chi connectivity index (χ3n) is 4.09. The van der Waals surface area contributed by atoms with Gasteiger partial charge in [0.05, 0.1) is 12.2 Å². The molecule has 0 radical (unpaired) electrons. The largest absolute Gasteiger partial charge is 0.506 e. The first-order chi connectivity index (χ1) is 11.6. The van der Waals surface area contributed by atoms with Gasteiger partial charge in [-0.15, -0.1) is 0 Å². The molecule has 2 N–H and O–H groups in total. The van der Waals surface area contributed by atoms with E-state index in [0.717, 1.165) is 31.9 Å². The standard InChI is InChI=1S/C18H20FN3O2/c19-14-5-7-15(8-6-14)20-18(24)13-21-9-11-22(12-10-21)16-3-1-2-4-17(16)23/h1-8,23H,9-13H2,(H,20,24). The molecule has 126 valence electrons. The lowest BCUT2D eigenvalue weighted by Gasteiger charge is -2.35. The molecule has 1 saturated heterocycles. The molecule has 1 fully saturated rings. The number of aromatic hydroxyl groups is 1. The second-order valence-electron chi connectivity index (χ2n) is 5.81. The average molecular weight is 329 g/mol. The van der Waals surface area contributed by atoms with E-state index in [0.29, 0.717) is 12.2 Å². The second kappa shape index (κ2) is 7.31. The van der Waals surface area contributed by atoms with Crippen LogP contribution in [0.15, 0.2) is 48.5 Å². The Bertz CT molecular complexity index is 698. The molecule has 1 aliphatic rings. The number of carbonyl (C=O) groups is 1. The monoisotopic (exact) mass is 329 g/mol. The van der Waals surface area contributed by atoms with Crippen molar-refractivity contribution in [3.05, 3.63) is 54.3 Å². The maximum Gasteiger partial charge on any atom is 0.238 e. The van der Waals surface area contributed by atoms with Gasteiger partial charge >= 0.3 is 0 Å². The summed E-state index contributed by atoms with van der Waals surface area (Å²) in [7, 11) is 0. The van der Waals surface area contributed by atoms with Crippen molar-refractivity contribution < 1.29 is 14.3 Å². The van der Waals surface area contributed by atoms with Crippen LogP contribution in [0.5, 0.6) is 5.75 Å². The highest BCUT2D eigenvalue weighted by Gasteiger charge is 2.20. The Morgan fingerprint density at radius 2 is 1.71 bits per heavy atom. The molecule has 6 heteroatoms. The minimum atomic E-state index is -0.326. The van der Waals surface area contributed by atoms with E-state index in [1.807, 2.05) is 12.1 Å². The molecule has 0 aromatic heterocycles. The number of piperazine rings is 1. The first-order valence-electron chi connectivity index (χ1n) is 7.92. The average Bonchev–Trinajstić information content (AvgIpc) is 2.58. The van der Waals surface area contributed by atoms with Crippen molar-refractivity contribution in [3.63, 3.8) is 0 Å². The van der Waals surface area contributed by atoms with Crippen LogP contribution in [0.3, 0.4) is 0 Å². The van der Waals surface area contributed by atoms with Crippen LogP contribution in [0.25, 0.3) is 0 Å². The Labute approximate surface area is 140 Å². The zero-order valence-electron chi connectivity index (χ0n) is 13.3. The summed E-state index contributed by atoms with van der Waals surface area (Å²) in [5.41, 5.74) is 1.42. The molecule has 5 nitrogen and oxygen atoms in total. The zero-order valence-corrected chi connectivity index (χ0v) is 13.3. The summed E-state index contributed by atoms with van der Waals surface area (Å²) in [6.45, 7) is 3.28.